The van der Waals surface area contributed by atoms with Crippen molar-refractivity contribution in [1.82, 2.24) is 4.90 Å². The van der Waals surface area contributed by atoms with Gasteiger partial charge in [0.05, 0.1) is 25.0 Å². The summed E-state index contributed by atoms with van der Waals surface area (Å²) in [5.41, 5.74) is 1.98. The van der Waals surface area contributed by atoms with Gasteiger partial charge in [-0.05, 0) is 73.5 Å². The van der Waals surface area contributed by atoms with Gasteiger partial charge in [0.25, 0.3) is 0 Å². The summed E-state index contributed by atoms with van der Waals surface area (Å²) in [4.78, 5) is 44.2. The highest BCUT2D eigenvalue weighted by molar-refractivity contribution is 8.15. The van der Waals surface area contributed by atoms with Gasteiger partial charge in [0.1, 0.15) is 16.8 Å². The molecule has 1 N–H and O–H groups in total. The van der Waals surface area contributed by atoms with Crippen molar-refractivity contribution in [3.05, 3.63) is 89.7 Å². The van der Waals surface area contributed by atoms with Crippen molar-refractivity contribution < 1.29 is 28.2 Å². The Morgan fingerprint density at radius 2 is 1.77 bits per heavy atom. The molecule has 0 radical (unpaired) electrons. The molecule has 0 aliphatic carbocycles. The van der Waals surface area contributed by atoms with Crippen molar-refractivity contribution in [1.29, 1.82) is 0 Å². The van der Waals surface area contributed by atoms with E-state index in [1.165, 1.54) is 22.7 Å². The highest BCUT2D eigenvalue weighted by atomic mass is 32.2. The predicted molar refractivity (Wildman–Crippen MR) is 149 cm³/mol. The number of benzene rings is 3. The number of halogens is 1. The van der Waals surface area contributed by atoms with Crippen molar-refractivity contribution in [3.63, 3.8) is 0 Å². The minimum absolute atomic E-state index is 0.0630. The number of carbonyl (C=O) groups is 3. The molecule has 4 rings (SSSR count). The first-order chi connectivity index (χ1) is 18.9. The van der Waals surface area contributed by atoms with Crippen LogP contribution in [0.2, 0.25) is 0 Å². The Labute approximate surface area is 230 Å². The Kier molecular flexibility index (Phi) is 9.32. The largest absolute Gasteiger partial charge is 0.497 e. The second-order valence-corrected chi connectivity index (χ2v) is 9.75. The molecule has 2 amide bonds. The van der Waals surface area contributed by atoms with Crippen LogP contribution in [0.4, 0.5) is 15.8 Å². The van der Waals surface area contributed by atoms with Gasteiger partial charge < -0.3 is 14.8 Å². The molecule has 3 aromatic carbocycles. The first-order valence-corrected chi connectivity index (χ1v) is 13.3. The van der Waals surface area contributed by atoms with Crippen LogP contribution in [0.3, 0.4) is 0 Å². The molecule has 0 unspecified atom stereocenters. The fraction of sp³-hybridized carbons (Fsp3) is 0.241. The maximum Gasteiger partial charge on any atom is 0.338 e. The van der Waals surface area contributed by atoms with E-state index in [9.17, 15) is 18.8 Å². The van der Waals surface area contributed by atoms with Gasteiger partial charge in [0.2, 0.25) is 11.8 Å². The van der Waals surface area contributed by atoms with Crippen LogP contribution in [0.15, 0.2) is 77.8 Å². The monoisotopic (exact) mass is 549 g/mol. The summed E-state index contributed by atoms with van der Waals surface area (Å²) in [6, 6.07) is 19.8. The third-order valence-electron chi connectivity index (χ3n) is 5.93. The van der Waals surface area contributed by atoms with Gasteiger partial charge in [-0.15, -0.1) is 0 Å². The zero-order valence-electron chi connectivity index (χ0n) is 21.6. The molecule has 3 aromatic rings. The van der Waals surface area contributed by atoms with Crippen LogP contribution >= 0.6 is 11.8 Å². The third kappa shape index (κ3) is 7.23. The van der Waals surface area contributed by atoms with E-state index >= 15 is 0 Å². The zero-order valence-corrected chi connectivity index (χ0v) is 22.4. The lowest BCUT2D eigenvalue weighted by molar-refractivity contribution is -0.128. The zero-order chi connectivity index (χ0) is 27.8. The van der Waals surface area contributed by atoms with Crippen LogP contribution in [0, 0.1) is 5.82 Å². The lowest BCUT2D eigenvalue weighted by Gasteiger charge is -2.17. The SMILES string of the molecule is CCOC(=O)c1ccc(N=C2S[C@@H](CC(=O)Nc3ccc(OC)cc3)C(=O)N2CCc2ccccc2F)cc1. The average molecular weight is 550 g/mol. The molecule has 0 spiro atoms. The molecule has 0 aromatic heterocycles. The smallest absolute Gasteiger partial charge is 0.338 e. The van der Waals surface area contributed by atoms with Crippen molar-refractivity contribution in [2.75, 3.05) is 25.6 Å². The standard InChI is InChI=1S/C29H28FN3O5S/c1-3-38-28(36)20-8-10-22(11-9-20)32-29-33(17-16-19-6-4-5-7-24(19)30)27(35)25(39-29)18-26(34)31-21-12-14-23(37-2)15-13-21/h4-15,25H,3,16-18H2,1-2H3,(H,31,34)/t25-/m0/s1. The second kappa shape index (κ2) is 13.1. The molecule has 1 aliphatic heterocycles. The number of esters is 1. The van der Waals surface area contributed by atoms with E-state index < -0.39 is 11.2 Å². The average Bonchev–Trinajstić information content (AvgIpc) is 3.22. The fourth-order valence-corrected chi connectivity index (χ4v) is 5.10. The first-order valence-electron chi connectivity index (χ1n) is 12.4. The maximum atomic E-state index is 14.2. The van der Waals surface area contributed by atoms with Gasteiger partial charge in [-0.3, -0.25) is 14.5 Å². The lowest BCUT2D eigenvalue weighted by atomic mass is 10.1. The van der Waals surface area contributed by atoms with Gasteiger partial charge in [0.15, 0.2) is 5.17 Å². The Morgan fingerprint density at radius 3 is 2.44 bits per heavy atom. The van der Waals surface area contributed by atoms with Crippen LogP contribution in [-0.2, 0) is 20.7 Å². The van der Waals surface area contributed by atoms with E-state index in [-0.39, 0.29) is 43.6 Å². The molecule has 1 saturated heterocycles. The van der Waals surface area contributed by atoms with Gasteiger partial charge in [-0.2, -0.15) is 0 Å². The number of hydrogen-bond donors (Lipinski definition) is 1. The van der Waals surface area contributed by atoms with E-state index in [1.54, 1.807) is 80.8 Å². The van der Waals surface area contributed by atoms with Gasteiger partial charge in [0, 0.05) is 18.7 Å². The van der Waals surface area contributed by atoms with E-state index in [0.717, 1.165) is 0 Å². The maximum absolute atomic E-state index is 14.2. The number of hydrogen-bond acceptors (Lipinski definition) is 7. The molecule has 8 nitrogen and oxygen atoms in total. The first kappa shape index (κ1) is 27.8. The van der Waals surface area contributed by atoms with E-state index in [1.807, 2.05) is 0 Å². The number of amidine groups is 1. The molecule has 1 aliphatic rings. The van der Waals surface area contributed by atoms with E-state index in [0.29, 0.717) is 33.4 Å². The highest BCUT2D eigenvalue weighted by Crippen LogP contribution is 2.32. The topological polar surface area (TPSA) is 97.3 Å². The Bertz CT molecular complexity index is 1360. The Morgan fingerprint density at radius 1 is 1.05 bits per heavy atom. The third-order valence-corrected chi connectivity index (χ3v) is 7.11. The number of ether oxygens (including phenoxy) is 2. The number of aliphatic imine (C=N–C) groups is 1. The van der Waals surface area contributed by atoms with Crippen molar-refractivity contribution >= 4 is 46.1 Å². The molecular formula is C29H28FN3O5S. The molecule has 1 heterocycles. The number of carbonyl (C=O) groups excluding carboxylic acids is 3. The summed E-state index contributed by atoms with van der Waals surface area (Å²) >= 11 is 1.18. The molecule has 0 bridgehead atoms. The van der Waals surface area contributed by atoms with E-state index in [2.05, 4.69) is 10.3 Å². The summed E-state index contributed by atoms with van der Waals surface area (Å²) in [7, 11) is 1.56. The number of anilines is 1. The van der Waals surface area contributed by atoms with E-state index in [4.69, 9.17) is 9.47 Å². The molecule has 39 heavy (non-hydrogen) atoms. The summed E-state index contributed by atoms with van der Waals surface area (Å²) in [5.74, 6) is -0.712. The summed E-state index contributed by atoms with van der Waals surface area (Å²) in [6.07, 6.45) is 0.219. The Balaban J connectivity index is 1.51. The second-order valence-electron chi connectivity index (χ2n) is 8.58. The van der Waals surface area contributed by atoms with Crippen LogP contribution in [0.1, 0.15) is 29.3 Å². The van der Waals surface area contributed by atoms with Crippen molar-refractivity contribution in [2.45, 2.75) is 25.0 Å². The van der Waals surface area contributed by atoms with Crippen molar-refractivity contribution in [3.8, 4) is 5.75 Å². The predicted octanol–water partition coefficient (Wildman–Crippen LogP) is 5.21. The lowest BCUT2D eigenvalue weighted by Crippen LogP contribution is -2.35. The van der Waals surface area contributed by atoms with Crippen LogP contribution in [0.25, 0.3) is 0 Å². The number of nitrogens with one attached hydrogen (secondary N) is 1. The summed E-state index contributed by atoms with van der Waals surface area (Å²) in [5, 5.41) is 2.51. The quantitative estimate of drug-likeness (QED) is 0.349. The summed E-state index contributed by atoms with van der Waals surface area (Å²) in [6.45, 7) is 2.20. The van der Waals surface area contributed by atoms with Gasteiger partial charge in [-0.25, -0.2) is 14.2 Å². The molecule has 10 heteroatoms. The van der Waals surface area contributed by atoms with Crippen LogP contribution in [-0.4, -0.2) is 53.4 Å². The minimum Gasteiger partial charge on any atom is -0.497 e. The number of amides is 2. The van der Waals surface area contributed by atoms with Crippen LogP contribution < -0.4 is 10.1 Å². The molecular weight excluding hydrogens is 521 g/mol. The van der Waals surface area contributed by atoms with Gasteiger partial charge in [-0.1, -0.05) is 30.0 Å². The number of rotatable bonds is 10. The number of methoxy groups -OCH3 is 1. The molecule has 202 valence electrons. The van der Waals surface area contributed by atoms with Crippen LogP contribution in [0.5, 0.6) is 5.75 Å². The molecule has 1 fully saturated rings. The number of thioether (sulfide) groups is 1. The van der Waals surface area contributed by atoms with Gasteiger partial charge >= 0.3 is 5.97 Å². The minimum atomic E-state index is -0.693. The fourth-order valence-electron chi connectivity index (χ4n) is 3.92. The summed E-state index contributed by atoms with van der Waals surface area (Å²) < 4.78 is 24.4. The highest BCUT2D eigenvalue weighted by Gasteiger charge is 2.39. The Hall–Kier alpha value is -4.18. The molecule has 1 atom stereocenters. The molecule has 0 saturated carbocycles. The van der Waals surface area contributed by atoms with Crippen molar-refractivity contribution in [2.24, 2.45) is 4.99 Å². The number of nitrogens with zero attached hydrogens (tertiary/aromatic N) is 2. The normalized spacial score (nSPS) is 15.9.